The second kappa shape index (κ2) is 5.38. The number of hydrogen-bond acceptors (Lipinski definition) is 1. The summed E-state index contributed by atoms with van der Waals surface area (Å²) < 4.78 is 78.2. The van der Waals surface area contributed by atoms with Crippen molar-refractivity contribution in [3.05, 3.63) is 28.7 Å². The molecule has 8 heteroatoms. The van der Waals surface area contributed by atoms with Crippen molar-refractivity contribution < 1.29 is 31.1 Å². The van der Waals surface area contributed by atoms with Crippen LogP contribution in [0.15, 0.2) is 28.7 Å². The number of halogens is 7. The minimum absolute atomic E-state index is 0.0668. The molecular formula is C10H7BrF6O. The van der Waals surface area contributed by atoms with Gasteiger partial charge in [0.1, 0.15) is 12.4 Å². The van der Waals surface area contributed by atoms with Gasteiger partial charge in [-0.15, -0.1) is 0 Å². The Balaban J connectivity index is 2.75. The third kappa shape index (κ3) is 4.40. The lowest BCUT2D eigenvalue weighted by Gasteiger charge is -2.22. The van der Waals surface area contributed by atoms with Gasteiger partial charge < -0.3 is 4.74 Å². The zero-order valence-electron chi connectivity index (χ0n) is 8.65. The lowest BCUT2D eigenvalue weighted by atomic mass is 10.1. The fourth-order valence-corrected chi connectivity index (χ4v) is 1.49. The lowest BCUT2D eigenvalue weighted by Crippen LogP contribution is -2.40. The average molecular weight is 337 g/mol. The van der Waals surface area contributed by atoms with Gasteiger partial charge in [-0.1, -0.05) is 22.0 Å². The van der Waals surface area contributed by atoms with Crippen LogP contribution >= 0.6 is 15.9 Å². The van der Waals surface area contributed by atoms with Crippen LogP contribution in [0, 0.1) is 5.92 Å². The summed E-state index contributed by atoms with van der Waals surface area (Å²) in [6.07, 6.45) is -10.8. The first-order chi connectivity index (χ1) is 8.10. The van der Waals surface area contributed by atoms with Crippen molar-refractivity contribution in [2.75, 3.05) is 6.61 Å². The molecular weight excluding hydrogens is 330 g/mol. The highest BCUT2D eigenvalue weighted by atomic mass is 79.9. The first-order valence-electron chi connectivity index (χ1n) is 4.62. The van der Waals surface area contributed by atoms with Crippen LogP contribution in [-0.2, 0) is 0 Å². The highest BCUT2D eigenvalue weighted by Crippen LogP contribution is 2.39. The van der Waals surface area contributed by atoms with Gasteiger partial charge in [-0.25, -0.2) is 0 Å². The molecule has 0 saturated heterocycles. The maximum atomic E-state index is 12.2. The summed E-state index contributed by atoms with van der Waals surface area (Å²) in [6.45, 7) is -1.50. The maximum Gasteiger partial charge on any atom is 0.403 e. The third-order valence-corrected chi connectivity index (χ3v) is 2.50. The Morgan fingerprint density at radius 2 is 1.61 bits per heavy atom. The summed E-state index contributed by atoms with van der Waals surface area (Å²) in [7, 11) is 0. The van der Waals surface area contributed by atoms with E-state index in [4.69, 9.17) is 0 Å². The van der Waals surface area contributed by atoms with Gasteiger partial charge in [-0.2, -0.15) is 26.3 Å². The Kier molecular flexibility index (Phi) is 4.52. The highest BCUT2D eigenvalue weighted by molar-refractivity contribution is 9.10. The minimum Gasteiger partial charge on any atom is -0.493 e. The Labute approximate surface area is 107 Å². The van der Waals surface area contributed by atoms with Gasteiger partial charge in [0.25, 0.3) is 0 Å². The standard InChI is InChI=1S/C10H7BrF6O/c11-6-2-1-3-7(4-6)18-5-8(9(12,13)14)10(15,16)17/h1-4,8H,5H2. The quantitative estimate of drug-likeness (QED) is 0.735. The van der Waals surface area contributed by atoms with Gasteiger partial charge in [0, 0.05) is 4.47 Å². The predicted octanol–water partition coefficient (Wildman–Crippen LogP) is 4.57. The summed E-state index contributed by atoms with van der Waals surface area (Å²) in [4.78, 5) is 0. The Hall–Kier alpha value is -0.920. The maximum absolute atomic E-state index is 12.2. The largest absolute Gasteiger partial charge is 0.493 e. The van der Waals surface area contributed by atoms with Crippen molar-refractivity contribution in [2.24, 2.45) is 5.92 Å². The van der Waals surface area contributed by atoms with Gasteiger partial charge in [-0.3, -0.25) is 0 Å². The van der Waals surface area contributed by atoms with Crippen molar-refractivity contribution in [1.82, 2.24) is 0 Å². The number of rotatable bonds is 3. The Bertz CT molecular complexity index is 386. The zero-order valence-corrected chi connectivity index (χ0v) is 10.2. The average Bonchev–Trinajstić information content (AvgIpc) is 2.13. The van der Waals surface area contributed by atoms with Gasteiger partial charge in [-0.05, 0) is 18.2 Å². The van der Waals surface area contributed by atoms with Crippen molar-refractivity contribution in [1.29, 1.82) is 0 Å². The second-order valence-electron chi connectivity index (χ2n) is 3.40. The van der Waals surface area contributed by atoms with E-state index < -0.39 is 24.9 Å². The normalized spacial score (nSPS) is 12.9. The smallest absolute Gasteiger partial charge is 0.403 e. The van der Waals surface area contributed by atoms with Crippen LogP contribution < -0.4 is 4.74 Å². The molecule has 0 radical (unpaired) electrons. The van der Waals surface area contributed by atoms with Gasteiger partial charge in [0.05, 0.1) is 0 Å². The van der Waals surface area contributed by atoms with Crippen LogP contribution in [-0.4, -0.2) is 19.0 Å². The fourth-order valence-electron chi connectivity index (χ4n) is 1.11. The molecule has 0 aliphatic carbocycles. The van der Waals surface area contributed by atoms with E-state index >= 15 is 0 Å². The molecule has 0 fully saturated rings. The van der Waals surface area contributed by atoms with Crippen LogP contribution in [0.5, 0.6) is 5.75 Å². The van der Waals surface area contributed by atoms with E-state index in [1.54, 1.807) is 6.07 Å². The molecule has 0 aliphatic rings. The van der Waals surface area contributed by atoms with Crippen LogP contribution in [0.3, 0.4) is 0 Å². The summed E-state index contributed by atoms with van der Waals surface area (Å²) in [5.41, 5.74) is 0. The fraction of sp³-hybridized carbons (Fsp3) is 0.400. The van der Waals surface area contributed by atoms with Crippen molar-refractivity contribution >= 4 is 15.9 Å². The van der Waals surface area contributed by atoms with E-state index in [9.17, 15) is 26.3 Å². The number of benzene rings is 1. The molecule has 102 valence electrons. The van der Waals surface area contributed by atoms with Gasteiger partial charge >= 0.3 is 12.4 Å². The van der Waals surface area contributed by atoms with E-state index in [1.165, 1.54) is 18.2 Å². The number of hydrogen-bond donors (Lipinski definition) is 0. The molecule has 0 amide bonds. The molecule has 0 unspecified atom stereocenters. The molecule has 1 aromatic carbocycles. The van der Waals surface area contributed by atoms with E-state index in [0.29, 0.717) is 4.47 Å². The molecule has 1 nitrogen and oxygen atoms in total. The monoisotopic (exact) mass is 336 g/mol. The number of ether oxygens (including phenoxy) is 1. The molecule has 18 heavy (non-hydrogen) atoms. The molecule has 0 atom stereocenters. The Morgan fingerprint density at radius 1 is 1.06 bits per heavy atom. The molecule has 0 bridgehead atoms. The molecule has 1 rings (SSSR count). The molecule has 0 heterocycles. The predicted molar refractivity (Wildman–Crippen MR) is 55.2 cm³/mol. The molecule has 0 N–H and O–H groups in total. The van der Waals surface area contributed by atoms with Gasteiger partial charge in [0.15, 0.2) is 5.92 Å². The van der Waals surface area contributed by atoms with Gasteiger partial charge in [0.2, 0.25) is 0 Å². The van der Waals surface area contributed by atoms with Crippen LogP contribution in [0.2, 0.25) is 0 Å². The molecule has 1 aromatic rings. The molecule has 0 spiro atoms. The highest BCUT2D eigenvalue weighted by Gasteiger charge is 2.57. The topological polar surface area (TPSA) is 9.23 Å². The van der Waals surface area contributed by atoms with E-state index in [0.717, 1.165) is 0 Å². The van der Waals surface area contributed by atoms with Crippen molar-refractivity contribution in [3.8, 4) is 5.75 Å². The third-order valence-electron chi connectivity index (χ3n) is 2.00. The lowest BCUT2D eigenvalue weighted by molar-refractivity contribution is -0.289. The zero-order chi connectivity index (χ0) is 14.0. The minimum atomic E-state index is -5.38. The van der Waals surface area contributed by atoms with Crippen LogP contribution in [0.1, 0.15) is 0 Å². The molecule has 0 saturated carbocycles. The van der Waals surface area contributed by atoms with Crippen LogP contribution in [0.25, 0.3) is 0 Å². The van der Waals surface area contributed by atoms with Crippen molar-refractivity contribution in [3.63, 3.8) is 0 Å². The van der Waals surface area contributed by atoms with E-state index in [1.807, 2.05) is 0 Å². The summed E-state index contributed by atoms with van der Waals surface area (Å²) >= 11 is 3.02. The van der Waals surface area contributed by atoms with E-state index in [2.05, 4.69) is 20.7 Å². The summed E-state index contributed by atoms with van der Waals surface area (Å²) in [5, 5.41) is 0. The summed E-state index contributed by atoms with van der Waals surface area (Å²) in [6, 6.07) is 5.56. The second-order valence-corrected chi connectivity index (χ2v) is 4.32. The van der Waals surface area contributed by atoms with Crippen LogP contribution in [0.4, 0.5) is 26.3 Å². The summed E-state index contributed by atoms with van der Waals surface area (Å²) in [5.74, 6) is -3.56. The number of alkyl halides is 6. The Morgan fingerprint density at radius 3 is 2.06 bits per heavy atom. The first-order valence-corrected chi connectivity index (χ1v) is 5.42. The first kappa shape index (κ1) is 15.1. The SMILES string of the molecule is FC(F)(F)C(COc1cccc(Br)c1)C(F)(F)F. The molecule has 0 aliphatic heterocycles. The van der Waals surface area contributed by atoms with E-state index in [-0.39, 0.29) is 5.75 Å². The molecule has 0 aromatic heterocycles. The van der Waals surface area contributed by atoms with Crippen molar-refractivity contribution in [2.45, 2.75) is 12.4 Å².